The zero-order chi connectivity index (χ0) is 30.1. The Labute approximate surface area is 293 Å². The summed E-state index contributed by atoms with van der Waals surface area (Å²) in [6.45, 7) is 13.3. The Hall–Kier alpha value is -2.44. The molecule has 1 unspecified atom stereocenters. The summed E-state index contributed by atoms with van der Waals surface area (Å²) in [7, 11) is 0. The number of allylic oxidation sites excluding steroid dienone is 4. The van der Waals surface area contributed by atoms with Gasteiger partial charge in [0, 0.05) is 0 Å². The van der Waals surface area contributed by atoms with Crippen molar-refractivity contribution in [2.75, 3.05) is 0 Å². The Morgan fingerprint density at radius 1 is 0.750 bits per heavy atom. The fourth-order valence-corrected chi connectivity index (χ4v) is 6.02. The Morgan fingerprint density at radius 2 is 1.23 bits per heavy atom. The number of fused-ring (bicyclic) bond motifs is 3. The van der Waals surface area contributed by atoms with E-state index >= 15 is 0 Å². The fourth-order valence-electron chi connectivity index (χ4n) is 5.20. The van der Waals surface area contributed by atoms with E-state index in [4.69, 9.17) is 0 Å². The summed E-state index contributed by atoms with van der Waals surface area (Å²) in [6, 6.07) is 36.7. The average molecular weight is 699 g/mol. The second kappa shape index (κ2) is 17.9. The molecule has 0 heterocycles. The number of halogens is 2. The summed E-state index contributed by atoms with van der Waals surface area (Å²) in [4.78, 5) is 0. The average Bonchev–Trinajstić information content (AvgIpc) is 3.61. The Kier molecular flexibility index (Phi) is 15.4. The Morgan fingerprint density at radius 3 is 1.64 bits per heavy atom. The molecule has 0 aromatic heterocycles. The van der Waals surface area contributed by atoms with Gasteiger partial charge < -0.3 is 24.8 Å². The molecule has 1 atom stereocenters. The molecule has 5 aromatic carbocycles. The minimum atomic E-state index is 0. The zero-order valence-electron chi connectivity index (χ0n) is 26.9. The van der Waals surface area contributed by atoms with Crippen molar-refractivity contribution in [2.24, 2.45) is 11.3 Å². The van der Waals surface area contributed by atoms with E-state index < -0.39 is 0 Å². The number of aryl methyl sites for hydroxylation is 2. The molecular weight excluding hydrogens is 655 g/mol. The van der Waals surface area contributed by atoms with Gasteiger partial charge >= 0.3 is 99.2 Å². The van der Waals surface area contributed by atoms with Crippen LogP contribution in [0.1, 0.15) is 69.2 Å². The monoisotopic (exact) mass is 696 g/mol. The topological polar surface area (TPSA) is 0 Å². The van der Waals surface area contributed by atoms with Crippen molar-refractivity contribution >= 4 is 24.8 Å². The Bertz CT molecular complexity index is 1570. The van der Waals surface area contributed by atoms with E-state index in [9.17, 15) is 0 Å². The summed E-state index contributed by atoms with van der Waals surface area (Å²) in [6.07, 6.45) is 11.9. The molecule has 3 heteroatoms. The third-order valence-electron chi connectivity index (χ3n) is 7.71. The van der Waals surface area contributed by atoms with Crippen molar-refractivity contribution in [2.45, 2.75) is 60.8 Å². The van der Waals surface area contributed by atoms with Gasteiger partial charge in [0.15, 0.2) is 0 Å². The molecule has 1 aliphatic carbocycles. The predicted octanol–water partition coefficient (Wildman–Crippen LogP) is 5.28. The van der Waals surface area contributed by atoms with E-state index in [1.54, 1.807) is 0 Å². The van der Waals surface area contributed by atoms with Crippen LogP contribution >= 0.6 is 0 Å². The second-order valence-electron chi connectivity index (χ2n) is 12.4. The molecule has 0 nitrogen and oxygen atoms in total. The summed E-state index contributed by atoms with van der Waals surface area (Å²) < 4.78 is 1.42. The first-order valence-electron chi connectivity index (χ1n) is 15.2. The second-order valence-corrected chi connectivity index (χ2v) is 13.6. The SMILES string of the molecule is CCCCC1[C-]=CC(C(C)(C)C)=C1.Cc1ccc2c(c1)[cH-]c1cc(C)ccc12.[Cl-].[Cl-].[Zr+2]=[C](c1ccccc1)c1ccccc1. The first-order chi connectivity index (χ1) is 20.2. The number of hydrogen-bond donors (Lipinski definition) is 0. The molecule has 0 radical (unpaired) electrons. The predicted molar refractivity (Wildman–Crippen MR) is 181 cm³/mol. The summed E-state index contributed by atoms with van der Waals surface area (Å²) in [5, 5.41) is 5.46. The van der Waals surface area contributed by atoms with Gasteiger partial charge in [-0.2, -0.15) is 11.6 Å². The van der Waals surface area contributed by atoms with Crippen LogP contribution < -0.4 is 24.8 Å². The van der Waals surface area contributed by atoms with Crippen molar-refractivity contribution < 1.29 is 49.0 Å². The van der Waals surface area contributed by atoms with Crippen LogP contribution in [0.4, 0.5) is 0 Å². The van der Waals surface area contributed by atoms with E-state index in [1.807, 2.05) is 0 Å². The van der Waals surface area contributed by atoms with Gasteiger partial charge in [0.05, 0.1) is 0 Å². The van der Waals surface area contributed by atoms with Crippen LogP contribution in [0.5, 0.6) is 0 Å². The van der Waals surface area contributed by atoms with Crippen molar-refractivity contribution in [1.29, 1.82) is 0 Å². The van der Waals surface area contributed by atoms with Crippen molar-refractivity contribution in [3.63, 3.8) is 0 Å². The summed E-state index contributed by atoms with van der Waals surface area (Å²) in [5.74, 6) is 0.592. The first kappa shape index (κ1) is 37.7. The molecule has 0 bridgehead atoms. The first-order valence-corrected chi connectivity index (χ1v) is 16.5. The Balaban J connectivity index is 0.000000226. The molecular formula is C41H44Cl2Zr-2. The molecule has 0 amide bonds. The van der Waals surface area contributed by atoms with Crippen LogP contribution in [0, 0.1) is 31.3 Å². The molecule has 6 rings (SSSR count). The van der Waals surface area contributed by atoms with Crippen molar-refractivity contribution in [3.8, 4) is 0 Å². The molecule has 0 N–H and O–H groups in total. The van der Waals surface area contributed by atoms with Gasteiger partial charge in [-0.3, -0.25) is 6.08 Å². The van der Waals surface area contributed by atoms with E-state index in [0.29, 0.717) is 11.3 Å². The molecule has 228 valence electrons. The minimum absolute atomic E-state index is 0. The number of benzene rings is 4. The van der Waals surface area contributed by atoms with Crippen LogP contribution in [0.25, 0.3) is 21.5 Å². The zero-order valence-corrected chi connectivity index (χ0v) is 30.9. The van der Waals surface area contributed by atoms with Gasteiger partial charge in [0.25, 0.3) is 0 Å². The number of hydrogen-bond acceptors (Lipinski definition) is 0. The van der Waals surface area contributed by atoms with Gasteiger partial charge in [-0.05, 0) is 13.8 Å². The molecule has 44 heavy (non-hydrogen) atoms. The normalized spacial score (nSPS) is 13.5. The van der Waals surface area contributed by atoms with Crippen molar-refractivity contribution in [1.82, 2.24) is 0 Å². The van der Waals surface area contributed by atoms with Crippen LogP contribution in [0.3, 0.4) is 0 Å². The number of unbranched alkanes of at least 4 members (excludes halogenated alkanes) is 1. The van der Waals surface area contributed by atoms with E-state index in [1.165, 1.54) is 96.1 Å². The third-order valence-corrected chi connectivity index (χ3v) is 9.13. The summed E-state index contributed by atoms with van der Waals surface area (Å²) >= 11 is 1.46. The van der Waals surface area contributed by atoms with E-state index in [-0.39, 0.29) is 24.8 Å². The number of rotatable bonds is 5. The molecule has 5 aromatic rings. The van der Waals surface area contributed by atoms with E-state index in [2.05, 4.69) is 163 Å². The third kappa shape index (κ3) is 10.6. The van der Waals surface area contributed by atoms with Crippen LogP contribution in [0.15, 0.2) is 121 Å². The van der Waals surface area contributed by atoms with Gasteiger partial charge in [-0.25, -0.2) is 6.08 Å². The van der Waals surface area contributed by atoms with Crippen molar-refractivity contribution in [3.05, 3.63) is 149 Å². The van der Waals surface area contributed by atoms with Crippen LogP contribution in [-0.2, 0) is 24.2 Å². The standard InChI is InChI=1S/C15H13.C13H10.C13H21.2ClH.Zr/c1-10-3-5-14-12(7-10)9-13-8-11(2)4-6-15(13)14;1-3-7-12(8-4-1)11-13-9-5-2-6-10-13;1-5-6-7-11-8-9-12(10-11)13(2,3)4;;;/h3-9H,1-2H3;1-10H;9-11H,5-7H2,1-4H3;2*1H;/q-1;;-1;;;+2/p-2. The molecule has 0 saturated carbocycles. The maximum atomic E-state index is 3.43. The molecule has 0 spiro atoms. The van der Waals surface area contributed by atoms with Gasteiger partial charge in [-0.1, -0.05) is 93.7 Å². The molecule has 0 saturated heterocycles. The maximum absolute atomic E-state index is 3.43. The quantitative estimate of drug-likeness (QED) is 0.220. The van der Waals surface area contributed by atoms with Crippen LogP contribution in [-0.4, -0.2) is 3.21 Å². The fraction of sp³-hybridized carbons (Fsp3) is 0.268. The van der Waals surface area contributed by atoms with Gasteiger partial charge in [-0.15, -0.1) is 39.7 Å². The molecule has 1 aliphatic rings. The van der Waals surface area contributed by atoms with E-state index in [0.717, 1.165) is 0 Å². The molecule has 0 fully saturated rings. The van der Waals surface area contributed by atoms with Gasteiger partial charge in [0.1, 0.15) is 0 Å². The molecule has 0 aliphatic heterocycles. The van der Waals surface area contributed by atoms with Gasteiger partial charge in [0.2, 0.25) is 0 Å². The van der Waals surface area contributed by atoms with Crippen LogP contribution in [0.2, 0.25) is 0 Å². The summed E-state index contributed by atoms with van der Waals surface area (Å²) in [5.41, 5.74) is 7.07.